The Labute approximate surface area is 175 Å². The number of benzene rings is 1. The van der Waals surface area contributed by atoms with Crippen molar-refractivity contribution in [1.82, 2.24) is 20.2 Å². The molecule has 0 amide bonds. The molecule has 30 heavy (non-hydrogen) atoms. The van der Waals surface area contributed by atoms with E-state index >= 15 is 0 Å². The number of ether oxygens (including phenoxy) is 2. The summed E-state index contributed by atoms with van der Waals surface area (Å²) in [5.41, 5.74) is 4.03. The first-order valence-electron chi connectivity index (χ1n) is 10.5. The van der Waals surface area contributed by atoms with Crippen molar-refractivity contribution in [2.24, 2.45) is 5.92 Å². The van der Waals surface area contributed by atoms with E-state index in [0.29, 0.717) is 23.3 Å². The first-order valence-corrected chi connectivity index (χ1v) is 10.5. The maximum absolute atomic E-state index is 10.6. The van der Waals surface area contributed by atoms with Gasteiger partial charge in [-0.05, 0) is 60.6 Å². The number of rotatable bonds is 5. The van der Waals surface area contributed by atoms with Crippen molar-refractivity contribution in [3.05, 3.63) is 48.4 Å². The summed E-state index contributed by atoms with van der Waals surface area (Å²) in [6.45, 7) is 2.93. The summed E-state index contributed by atoms with van der Waals surface area (Å²) in [4.78, 5) is 8.63. The lowest BCUT2D eigenvalue weighted by Gasteiger charge is -2.12. The van der Waals surface area contributed by atoms with Crippen molar-refractivity contribution in [2.75, 3.05) is 6.61 Å². The smallest absolute Gasteiger partial charge is 0.335 e. The number of hydrogen-bond acceptors (Lipinski definition) is 7. The van der Waals surface area contributed by atoms with Gasteiger partial charge >= 0.3 is 6.01 Å². The Hall–Kier alpha value is -3.06. The second-order valence-electron chi connectivity index (χ2n) is 7.92. The van der Waals surface area contributed by atoms with E-state index in [1.165, 1.54) is 0 Å². The van der Waals surface area contributed by atoms with Crippen molar-refractivity contribution >= 4 is 0 Å². The van der Waals surface area contributed by atoms with Crippen LogP contribution in [0.3, 0.4) is 0 Å². The van der Waals surface area contributed by atoms with Gasteiger partial charge < -0.3 is 14.6 Å². The van der Waals surface area contributed by atoms with Gasteiger partial charge in [0.15, 0.2) is 0 Å². The Kier molecular flexibility index (Phi) is 5.04. The lowest BCUT2D eigenvalue weighted by Crippen LogP contribution is -2.16. The summed E-state index contributed by atoms with van der Waals surface area (Å²) >= 11 is 0. The highest BCUT2D eigenvalue weighted by atomic mass is 16.5. The monoisotopic (exact) mass is 404 g/mol. The molecule has 1 saturated heterocycles. The number of aryl methyl sites for hydroxylation is 1. The minimum absolute atomic E-state index is 0.0778. The quantitative estimate of drug-likeness (QED) is 0.691. The number of aromatic hydroxyl groups is 1. The average molecular weight is 404 g/mol. The molecule has 1 saturated carbocycles. The Bertz CT molecular complexity index is 1030. The van der Waals surface area contributed by atoms with E-state index in [0.717, 1.165) is 49.1 Å². The molecule has 3 atom stereocenters. The number of nitrogens with zero attached hydrogens (tertiary/aromatic N) is 4. The molecule has 1 aliphatic carbocycles. The van der Waals surface area contributed by atoms with Crippen LogP contribution in [-0.4, -0.2) is 44.1 Å². The molecular weight excluding hydrogens is 380 g/mol. The zero-order valence-electron chi connectivity index (χ0n) is 16.9. The maximum Gasteiger partial charge on any atom is 0.335 e. The van der Waals surface area contributed by atoms with E-state index < -0.39 is 0 Å². The third kappa shape index (κ3) is 3.73. The van der Waals surface area contributed by atoms with Gasteiger partial charge in [-0.1, -0.05) is 18.1 Å². The van der Waals surface area contributed by atoms with Crippen LogP contribution in [0, 0.1) is 5.92 Å². The van der Waals surface area contributed by atoms with Gasteiger partial charge in [-0.25, -0.2) is 4.98 Å². The molecule has 7 nitrogen and oxygen atoms in total. The Balaban J connectivity index is 1.30. The highest BCUT2D eigenvalue weighted by Crippen LogP contribution is 2.37. The van der Waals surface area contributed by atoms with Crippen LogP contribution in [0.2, 0.25) is 0 Å². The molecule has 1 N–H and O–H groups in total. The molecule has 1 aromatic carbocycles. The molecule has 3 heterocycles. The molecule has 3 aromatic rings. The van der Waals surface area contributed by atoms with Crippen LogP contribution < -0.4 is 4.74 Å². The SMILES string of the molecule is CCc1cc(-c2ccc(-c3cnc(O[C@H]4C[C@@H]5CCO[C@@H]5C4)nn3)c(O)c2)ccn1. The van der Waals surface area contributed by atoms with Crippen LogP contribution in [0.25, 0.3) is 22.4 Å². The first kappa shape index (κ1) is 18.9. The summed E-state index contributed by atoms with van der Waals surface area (Å²) in [5, 5.41) is 18.9. The van der Waals surface area contributed by atoms with E-state index in [9.17, 15) is 5.11 Å². The van der Waals surface area contributed by atoms with Crippen LogP contribution in [0.1, 0.15) is 31.9 Å². The zero-order chi connectivity index (χ0) is 20.5. The molecular formula is C23H24N4O3. The number of aromatic nitrogens is 4. The number of fused-ring (bicyclic) bond motifs is 1. The van der Waals surface area contributed by atoms with Crippen molar-refractivity contribution in [3.63, 3.8) is 0 Å². The lowest BCUT2D eigenvalue weighted by atomic mass is 10.0. The zero-order valence-corrected chi connectivity index (χ0v) is 16.9. The van der Waals surface area contributed by atoms with Gasteiger partial charge in [0.05, 0.1) is 12.3 Å². The van der Waals surface area contributed by atoms with Gasteiger partial charge in [0, 0.05) is 30.5 Å². The van der Waals surface area contributed by atoms with E-state index in [2.05, 4.69) is 27.1 Å². The summed E-state index contributed by atoms with van der Waals surface area (Å²) in [6.07, 6.45) is 7.60. The highest BCUT2D eigenvalue weighted by Gasteiger charge is 2.39. The second-order valence-corrected chi connectivity index (χ2v) is 7.92. The number of phenolic OH excluding ortho intramolecular Hbond substituents is 1. The largest absolute Gasteiger partial charge is 0.507 e. The fourth-order valence-electron chi connectivity index (χ4n) is 4.38. The topological polar surface area (TPSA) is 90.2 Å². The molecule has 0 bridgehead atoms. The van der Waals surface area contributed by atoms with Gasteiger partial charge in [-0.15, -0.1) is 5.10 Å². The van der Waals surface area contributed by atoms with Crippen LogP contribution in [0.5, 0.6) is 11.8 Å². The molecule has 2 aliphatic rings. The standard InChI is InChI=1S/C23H24N4O3/c1-2-17-9-15(5-7-24-17)14-3-4-19(21(28)11-14)20-13-25-23(27-26-20)30-18-10-16-6-8-29-22(16)12-18/h3-5,7,9,11,13,16,18,22,28H,2,6,8,10,12H2,1H3/t16-,18-,22+/m0/s1. The van der Waals surface area contributed by atoms with Gasteiger partial charge in [-0.2, -0.15) is 0 Å². The van der Waals surface area contributed by atoms with Crippen LogP contribution in [-0.2, 0) is 11.2 Å². The van der Waals surface area contributed by atoms with Crippen molar-refractivity contribution in [1.29, 1.82) is 0 Å². The normalized spacial score (nSPS) is 22.8. The number of hydrogen-bond donors (Lipinski definition) is 1. The predicted molar refractivity (Wildman–Crippen MR) is 111 cm³/mol. The minimum atomic E-state index is 0.0778. The Morgan fingerprint density at radius 2 is 2.00 bits per heavy atom. The Morgan fingerprint density at radius 1 is 1.10 bits per heavy atom. The van der Waals surface area contributed by atoms with Gasteiger partial charge in [0.1, 0.15) is 17.5 Å². The third-order valence-corrected chi connectivity index (χ3v) is 6.01. The number of phenols is 1. The van der Waals surface area contributed by atoms with Gasteiger partial charge in [0.2, 0.25) is 0 Å². The van der Waals surface area contributed by atoms with Crippen molar-refractivity contribution in [3.8, 4) is 34.1 Å². The summed E-state index contributed by atoms with van der Waals surface area (Å²) in [5.74, 6) is 0.722. The van der Waals surface area contributed by atoms with Crippen molar-refractivity contribution in [2.45, 2.75) is 44.8 Å². The molecule has 2 aromatic heterocycles. The maximum atomic E-state index is 10.6. The van der Waals surface area contributed by atoms with Crippen molar-refractivity contribution < 1.29 is 14.6 Å². The van der Waals surface area contributed by atoms with E-state index in [4.69, 9.17) is 9.47 Å². The van der Waals surface area contributed by atoms with Crippen LogP contribution >= 0.6 is 0 Å². The van der Waals surface area contributed by atoms with Crippen LogP contribution in [0.15, 0.2) is 42.7 Å². The molecule has 0 spiro atoms. The van der Waals surface area contributed by atoms with E-state index in [-0.39, 0.29) is 17.9 Å². The highest BCUT2D eigenvalue weighted by molar-refractivity contribution is 5.73. The van der Waals surface area contributed by atoms with E-state index in [1.807, 2.05) is 24.3 Å². The lowest BCUT2D eigenvalue weighted by molar-refractivity contribution is 0.0850. The molecule has 7 heteroatoms. The molecule has 5 rings (SSSR count). The van der Waals surface area contributed by atoms with Gasteiger partial charge in [0.25, 0.3) is 0 Å². The van der Waals surface area contributed by atoms with Crippen LogP contribution in [0.4, 0.5) is 0 Å². The second kappa shape index (κ2) is 7.99. The fraction of sp³-hybridized carbons (Fsp3) is 0.391. The average Bonchev–Trinajstić information content (AvgIpc) is 3.36. The van der Waals surface area contributed by atoms with Gasteiger partial charge in [-0.3, -0.25) is 4.98 Å². The minimum Gasteiger partial charge on any atom is -0.507 e. The number of pyridine rings is 1. The van der Waals surface area contributed by atoms with E-state index in [1.54, 1.807) is 18.5 Å². The summed E-state index contributed by atoms with van der Waals surface area (Å²) < 4.78 is 11.6. The third-order valence-electron chi connectivity index (χ3n) is 6.01. The summed E-state index contributed by atoms with van der Waals surface area (Å²) in [7, 11) is 0. The predicted octanol–water partition coefficient (Wildman–Crippen LogP) is 3.81. The molecule has 154 valence electrons. The summed E-state index contributed by atoms with van der Waals surface area (Å²) in [6, 6.07) is 9.75. The fourth-order valence-corrected chi connectivity index (χ4v) is 4.38. The molecule has 0 radical (unpaired) electrons. The molecule has 0 unspecified atom stereocenters. The molecule has 2 fully saturated rings. The first-order chi connectivity index (χ1) is 14.7. The molecule has 1 aliphatic heterocycles. The Morgan fingerprint density at radius 3 is 2.77 bits per heavy atom.